The molecule has 2 rings (SSSR count). The molecule has 10 heavy (non-hydrogen) atoms. The van der Waals surface area contributed by atoms with Crippen molar-refractivity contribution in [2.45, 2.75) is 38.5 Å². The van der Waals surface area contributed by atoms with Crippen LogP contribution in [0.2, 0.25) is 0 Å². The van der Waals surface area contributed by atoms with E-state index in [4.69, 9.17) is 0 Å². The Morgan fingerprint density at radius 2 is 1.90 bits per heavy atom. The molecular formula is C8H12F2. The zero-order valence-corrected chi connectivity index (χ0v) is 6.16. The molecule has 2 aliphatic carbocycles. The van der Waals surface area contributed by atoms with Crippen molar-refractivity contribution in [2.24, 2.45) is 11.3 Å². The minimum Gasteiger partial charge on any atom is -0.207 e. The standard InChI is InChI=1S/C8H12F2/c1-6-2-3-7(6)4-8(9,10)5-7/h6H,2-5H2,1H3. The van der Waals surface area contributed by atoms with Crippen LogP contribution in [-0.4, -0.2) is 5.92 Å². The summed E-state index contributed by atoms with van der Waals surface area (Å²) in [5, 5.41) is 0. The SMILES string of the molecule is CC1CCC12CC(F)(F)C2. The van der Waals surface area contributed by atoms with E-state index in [0.29, 0.717) is 5.92 Å². The molecule has 2 aliphatic rings. The minimum absolute atomic E-state index is 0.0868. The van der Waals surface area contributed by atoms with Crippen LogP contribution in [0.15, 0.2) is 0 Å². The molecule has 2 heteroatoms. The Morgan fingerprint density at radius 3 is 2.00 bits per heavy atom. The van der Waals surface area contributed by atoms with Gasteiger partial charge in [0, 0.05) is 12.8 Å². The zero-order valence-electron chi connectivity index (χ0n) is 6.16. The predicted octanol–water partition coefficient (Wildman–Crippen LogP) is 2.83. The van der Waals surface area contributed by atoms with Gasteiger partial charge in [-0.05, 0) is 24.2 Å². The van der Waals surface area contributed by atoms with Crippen molar-refractivity contribution in [3.63, 3.8) is 0 Å². The van der Waals surface area contributed by atoms with Crippen LogP contribution in [0.5, 0.6) is 0 Å². The van der Waals surface area contributed by atoms with Crippen LogP contribution in [-0.2, 0) is 0 Å². The highest BCUT2D eigenvalue weighted by Gasteiger charge is 2.61. The Labute approximate surface area is 59.6 Å². The summed E-state index contributed by atoms with van der Waals surface area (Å²) in [5.41, 5.74) is 0.0868. The molecular weight excluding hydrogens is 134 g/mol. The fourth-order valence-corrected chi connectivity index (χ4v) is 2.34. The third-order valence-electron chi connectivity index (χ3n) is 3.34. The van der Waals surface area contributed by atoms with Crippen molar-refractivity contribution in [1.82, 2.24) is 0 Å². The molecule has 1 atom stereocenters. The molecule has 0 heterocycles. The maximum atomic E-state index is 12.4. The van der Waals surface area contributed by atoms with Crippen LogP contribution >= 0.6 is 0 Å². The van der Waals surface area contributed by atoms with Crippen molar-refractivity contribution < 1.29 is 8.78 Å². The first-order valence-electron chi connectivity index (χ1n) is 3.92. The first-order valence-corrected chi connectivity index (χ1v) is 3.92. The molecule has 0 aromatic heterocycles. The third kappa shape index (κ3) is 0.650. The number of halogens is 2. The lowest BCUT2D eigenvalue weighted by Crippen LogP contribution is -2.54. The van der Waals surface area contributed by atoms with Gasteiger partial charge in [0.15, 0.2) is 0 Å². The van der Waals surface area contributed by atoms with Crippen molar-refractivity contribution in [1.29, 1.82) is 0 Å². The monoisotopic (exact) mass is 146 g/mol. The van der Waals surface area contributed by atoms with E-state index in [9.17, 15) is 8.78 Å². The average Bonchev–Trinajstić information content (AvgIpc) is 1.78. The summed E-state index contributed by atoms with van der Waals surface area (Å²) in [7, 11) is 0. The Hall–Kier alpha value is -0.140. The Kier molecular flexibility index (Phi) is 1.01. The molecule has 2 fully saturated rings. The zero-order chi connectivity index (χ0) is 7.41. The summed E-state index contributed by atoms with van der Waals surface area (Å²) >= 11 is 0. The third-order valence-corrected chi connectivity index (χ3v) is 3.34. The summed E-state index contributed by atoms with van der Waals surface area (Å²) in [6.07, 6.45) is 2.54. The predicted molar refractivity (Wildman–Crippen MR) is 35.0 cm³/mol. The van der Waals surface area contributed by atoms with Gasteiger partial charge < -0.3 is 0 Å². The average molecular weight is 146 g/mol. The second-order valence-electron chi connectivity index (χ2n) is 4.01. The highest BCUT2D eigenvalue weighted by Crippen LogP contribution is 2.65. The molecule has 58 valence electrons. The van der Waals surface area contributed by atoms with E-state index in [1.807, 2.05) is 0 Å². The number of hydrogen-bond donors (Lipinski definition) is 0. The number of hydrogen-bond acceptors (Lipinski definition) is 0. The highest BCUT2D eigenvalue weighted by molar-refractivity contribution is 5.06. The van der Waals surface area contributed by atoms with Gasteiger partial charge in [0.2, 0.25) is 5.92 Å². The summed E-state index contributed by atoms with van der Waals surface area (Å²) in [4.78, 5) is 0. The van der Waals surface area contributed by atoms with E-state index in [0.717, 1.165) is 12.8 Å². The molecule has 0 bridgehead atoms. The fraction of sp³-hybridized carbons (Fsp3) is 1.00. The quantitative estimate of drug-likeness (QED) is 0.493. The van der Waals surface area contributed by atoms with Crippen LogP contribution in [0.4, 0.5) is 8.78 Å². The molecule has 0 radical (unpaired) electrons. The molecule has 0 saturated heterocycles. The summed E-state index contributed by atoms with van der Waals surface area (Å²) in [6.45, 7) is 2.10. The van der Waals surface area contributed by atoms with Gasteiger partial charge in [-0.15, -0.1) is 0 Å². The van der Waals surface area contributed by atoms with Gasteiger partial charge >= 0.3 is 0 Å². The lowest BCUT2D eigenvalue weighted by Gasteiger charge is -2.58. The van der Waals surface area contributed by atoms with Crippen LogP contribution in [0.1, 0.15) is 32.6 Å². The molecule has 1 spiro atoms. The molecule has 0 amide bonds. The van der Waals surface area contributed by atoms with E-state index >= 15 is 0 Å². The van der Waals surface area contributed by atoms with Crippen molar-refractivity contribution in [3.05, 3.63) is 0 Å². The molecule has 0 aliphatic heterocycles. The van der Waals surface area contributed by atoms with Crippen LogP contribution in [0.25, 0.3) is 0 Å². The summed E-state index contributed by atoms with van der Waals surface area (Å²) < 4.78 is 24.9. The Balaban J connectivity index is 2.00. The second kappa shape index (κ2) is 1.54. The Morgan fingerprint density at radius 1 is 1.30 bits per heavy atom. The molecule has 2 saturated carbocycles. The van der Waals surface area contributed by atoms with E-state index in [2.05, 4.69) is 6.92 Å². The van der Waals surface area contributed by atoms with Gasteiger partial charge in [-0.3, -0.25) is 0 Å². The van der Waals surface area contributed by atoms with Gasteiger partial charge in [0.05, 0.1) is 0 Å². The molecule has 0 nitrogen and oxygen atoms in total. The normalized spacial score (nSPS) is 40.5. The van der Waals surface area contributed by atoms with Gasteiger partial charge in [-0.25, -0.2) is 8.78 Å². The van der Waals surface area contributed by atoms with Crippen LogP contribution in [0.3, 0.4) is 0 Å². The smallest absolute Gasteiger partial charge is 0.207 e. The number of rotatable bonds is 0. The summed E-state index contributed by atoms with van der Waals surface area (Å²) in [6, 6.07) is 0. The van der Waals surface area contributed by atoms with Crippen LogP contribution < -0.4 is 0 Å². The van der Waals surface area contributed by atoms with Crippen molar-refractivity contribution in [2.75, 3.05) is 0 Å². The van der Waals surface area contributed by atoms with Crippen molar-refractivity contribution in [3.8, 4) is 0 Å². The molecule has 0 aromatic carbocycles. The van der Waals surface area contributed by atoms with E-state index in [1.54, 1.807) is 0 Å². The highest BCUT2D eigenvalue weighted by atomic mass is 19.3. The first kappa shape index (κ1) is 6.56. The molecule has 0 aromatic rings. The second-order valence-corrected chi connectivity index (χ2v) is 4.01. The maximum Gasteiger partial charge on any atom is 0.249 e. The van der Waals surface area contributed by atoms with Crippen LogP contribution in [0, 0.1) is 11.3 Å². The van der Waals surface area contributed by atoms with Gasteiger partial charge in [-0.1, -0.05) is 6.92 Å². The number of alkyl halides is 2. The van der Waals surface area contributed by atoms with Gasteiger partial charge in [-0.2, -0.15) is 0 Å². The largest absolute Gasteiger partial charge is 0.249 e. The fourth-order valence-electron chi connectivity index (χ4n) is 2.34. The van der Waals surface area contributed by atoms with Gasteiger partial charge in [0.1, 0.15) is 0 Å². The summed E-state index contributed by atoms with van der Waals surface area (Å²) in [5.74, 6) is -1.75. The minimum atomic E-state index is -2.31. The Bertz CT molecular complexity index is 155. The maximum absolute atomic E-state index is 12.4. The lowest BCUT2D eigenvalue weighted by atomic mass is 9.49. The molecule has 0 N–H and O–H groups in total. The van der Waals surface area contributed by atoms with E-state index in [-0.39, 0.29) is 18.3 Å². The van der Waals surface area contributed by atoms with Gasteiger partial charge in [0.25, 0.3) is 0 Å². The topological polar surface area (TPSA) is 0 Å². The molecule has 1 unspecified atom stereocenters. The van der Waals surface area contributed by atoms with E-state index in [1.165, 1.54) is 0 Å². The van der Waals surface area contributed by atoms with Crippen molar-refractivity contribution >= 4 is 0 Å². The lowest BCUT2D eigenvalue weighted by molar-refractivity contribution is -0.215. The van der Waals surface area contributed by atoms with E-state index < -0.39 is 5.92 Å². The first-order chi connectivity index (χ1) is 4.54.